The lowest BCUT2D eigenvalue weighted by Crippen LogP contribution is -2.39. The molecule has 316 valence electrons. The van der Waals surface area contributed by atoms with E-state index in [0.717, 1.165) is 17.8 Å². The van der Waals surface area contributed by atoms with Crippen LogP contribution in [0.1, 0.15) is 33.4 Å². The van der Waals surface area contributed by atoms with Gasteiger partial charge in [0, 0.05) is 33.2 Å². The Morgan fingerprint density at radius 2 is 0.897 bits per heavy atom. The summed E-state index contributed by atoms with van der Waals surface area (Å²) < 4.78 is 2.38. The van der Waals surface area contributed by atoms with E-state index < -0.39 is 5.41 Å². The molecule has 0 amide bonds. The Kier molecular flexibility index (Phi) is 7.80. The Morgan fingerprint density at radius 1 is 0.338 bits per heavy atom. The zero-order chi connectivity index (χ0) is 44.5. The van der Waals surface area contributed by atoms with Crippen molar-refractivity contribution in [3.05, 3.63) is 276 Å². The molecule has 1 heterocycles. The van der Waals surface area contributed by atoms with E-state index in [-0.39, 0.29) is 0 Å². The van der Waals surface area contributed by atoms with Crippen LogP contribution < -0.4 is 4.90 Å². The number of para-hydroxylation sites is 2. The maximum absolute atomic E-state index is 2.48. The molecule has 0 unspecified atom stereocenters. The van der Waals surface area contributed by atoms with Gasteiger partial charge < -0.3 is 9.47 Å². The van der Waals surface area contributed by atoms with E-state index in [1.807, 2.05) is 0 Å². The van der Waals surface area contributed by atoms with Gasteiger partial charge in [-0.1, -0.05) is 182 Å². The summed E-state index contributed by atoms with van der Waals surface area (Å²) in [4.78, 5) is 2.48. The molecule has 1 aromatic heterocycles. The van der Waals surface area contributed by atoms with Crippen molar-refractivity contribution < 1.29 is 0 Å². The lowest BCUT2D eigenvalue weighted by molar-refractivity contribution is 0.734. The fourth-order valence-corrected chi connectivity index (χ4v) is 12.5. The van der Waals surface area contributed by atoms with Crippen LogP contribution in [0.5, 0.6) is 0 Å². The van der Waals surface area contributed by atoms with E-state index in [0.29, 0.717) is 0 Å². The molecule has 0 radical (unpaired) electrons. The molecule has 1 spiro atoms. The molecule has 2 aliphatic rings. The Balaban J connectivity index is 0.919. The van der Waals surface area contributed by atoms with Gasteiger partial charge in [-0.05, 0) is 149 Å². The number of fused-ring (bicyclic) bond motifs is 8. The van der Waals surface area contributed by atoms with Gasteiger partial charge in [0.15, 0.2) is 0 Å². The minimum Gasteiger partial charge on any atom is -0.310 e. The van der Waals surface area contributed by atoms with E-state index in [1.165, 1.54) is 121 Å². The molecule has 15 rings (SSSR count). The zero-order valence-electron chi connectivity index (χ0n) is 37.2. The third-order valence-corrected chi connectivity index (χ3v) is 15.4. The van der Waals surface area contributed by atoms with Crippen molar-refractivity contribution in [3.8, 4) is 16.8 Å². The molecule has 13 aromatic rings. The fourth-order valence-electron chi connectivity index (χ4n) is 12.5. The lowest BCUT2D eigenvalue weighted by Gasteiger charge is -2.48. The number of hydrogen-bond acceptors (Lipinski definition) is 1. The highest BCUT2D eigenvalue weighted by atomic mass is 15.1. The second-order valence-electron chi connectivity index (χ2n) is 18.8. The Hall–Kier alpha value is -8.72. The highest BCUT2D eigenvalue weighted by molar-refractivity contribution is 6.13. The third-order valence-electron chi connectivity index (χ3n) is 15.4. The van der Waals surface area contributed by atoms with Crippen molar-refractivity contribution in [2.45, 2.75) is 11.8 Å². The smallest absolute Gasteiger partial charge is 0.0725 e. The first-order chi connectivity index (χ1) is 33.7. The number of anilines is 3. The van der Waals surface area contributed by atoms with Crippen LogP contribution in [-0.4, -0.2) is 4.57 Å². The average Bonchev–Trinajstić information content (AvgIpc) is 3.73. The van der Waals surface area contributed by atoms with Crippen LogP contribution in [0.3, 0.4) is 0 Å². The number of hydrogen-bond donors (Lipinski definition) is 0. The second kappa shape index (κ2) is 14.1. The van der Waals surface area contributed by atoms with Gasteiger partial charge in [0.25, 0.3) is 0 Å². The first-order valence-corrected chi connectivity index (χ1v) is 23.8. The first-order valence-electron chi connectivity index (χ1n) is 23.8. The maximum atomic E-state index is 2.48. The molecule has 0 saturated carbocycles. The van der Waals surface area contributed by atoms with Gasteiger partial charge in [0.1, 0.15) is 0 Å². The molecule has 0 N–H and O–H groups in total. The summed E-state index contributed by atoms with van der Waals surface area (Å²) >= 11 is 0. The monoisotopic (exact) mass is 862 g/mol. The third kappa shape index (κ3) is 5.12. The predicted octanol–water partition coefficient (Wildman–Crippen LogP) is 17.1. The zero-order valence-corrected chi connectivity index (χ0v) is 37.2. The summed E-state index contributed by atoms with van der Waals surface area (Å²) in [5, 5.41) is 12.9. The summed E-state index contributed by atoms with van der Waals surface area (Å²) in [5.41, 5.74) is 17.2. The van der Waals surface area contributed by atoms with Crippen molar-refractivity contribution in [1.29, 1.82) is 0 Å². The molecule has 0 saturated heterocycles. The minimum absolute atomic E-state index is 0.442. The van der Waals surface area contributed by atoms with Crippen LogP contribution in [0.2, 0.25) is 0 Å². The van der Waals surface area contributed by atoms with Crippen LogP contribution in [-0.2, 0) is 11.8 Å². The highest BCUT2D eigenvalue weighted by Crippen LogP contribution is 2.62. The molecule has 0 aliphatic heterocycles. The van der Waals surface area contributed by atoms with Gasteiger partial charge in [0.05, 0.1) is 22.1 Å². The summed E-state index contributed by atoms with van der Waals surface area (Å²) in [6.45, 7) is 0. The normalized spacial score (nSPS) is 13.4. The van der Waals surface area contributed by atoms with Crippen molar-refractivity contribution in [2.75, 3.05) is 4.90 Å². The molecule has 2 heteroatoms. The number of benzene rings is 12. The van der Waals surface area contributed by atoms with Gasteiger partial charge in [0.2, 0.25) is 0 Å². The van der Waals surface area contributed by atoms with Crippen molar-refractivity contribution >= 4 is 82.0 Å². The lowest BCUT2D eigenvalue weighted by atomic mass is 9.54. The van der Waals surface area contributed by atoms with Crippen LogP contribution in [0, 0.1) is 0 Å². The SMILES string of the molecule is c1ccc(-n2c3ccccc3c3cc(-c4ccc(N(c5ccc6ccccc6c5)c5ccc6c7c(cccc57)C65c6cccc7cccc(c67)Cc6cccc7cccc5c67)cc4)ccc32)cc1. The van der Waals surface area contributed by atoms with Gasteiger partial charge in [-0.15, -0.1) is 0 Å². The van der Waals surface area contributed by atoms with E-state index in [9.17, 15) is 0 Å². The number of aromatic nitrogens is 1. The molecule has 68 heavy (non-hydrogen) atoms. The van der Waals surface area contributed by atoms with Crippen molar-refractivity contribution in [2.24, 2.45) is 0 Å². The van der Waals surface area contributed by atoms with Crippen LogP contribution in [0.4, 0.5) is 17.1 Å². The largest absolute Gasteiger partial charge is 0.310 e. The first kappa shape index (κ1) is 37.5. The molecule has 2 aliphatic carbocycles. The van der Waals surface area contributed by atoms with Crippen LogP contribution in [0.15, 0.2) is 243 Å². The number of rotatable bonds is 5. The molecule has 0 bridgehead atoms. The van der Waals surface area contributed by atoms with Gasteiger partial charge >= 0.3 is 0 Å². The number of nitrogens with zero attached hydrogens (tertiary/aromatic N) is 2. The topological polar surface area (TPSA) is 8.17 Å². The summed E-state index contributed by atoms with van der Waals surface area (Å²) in [7, 11) is 0. The molecule has 12 aromatic carbocycles. The Labute approximate surface area is 394 Å². The minimum atomic E-state index is -0.442. The van der Waals surface area contributed by atoms with Gasteiger partial charge in [-0.25, -0.2) is 0 Å². The Bertz CT molecular complexity index is 4130. The van der Waals surface area contributed by atoms with Crippen LogP contribution in [0.25, 0.3) is 81.7 Å². The molecule has 0 atom stereocenters. The van der Waals surface area contributed by atoms with Gasteiger partial charge in [-0.2, -0.15) is 0 Å². The molecule has 2 nitrogen and oxygen atoms in total. The van der Waals surface area contributed by atoms with E-state index in [1.54, 1.807) is 0 Å². The predicted molar refractivity (Wildman–Crippen MR) is 286 cm³/mol. The maximum Gasteiger partial charge on any atom is 0.0725 e. The van der Waals surface area contributed by atoms with Gasteiger partial charge in [-0.3, -0.25) is 0 Å². The molecular formula is C66H42N2. The fraction of sp³-hybridized carbons (Fsp3) is 0.0303. The van der Waals surface area contributed by atoms with E-state index in [4.69, 9.17) is 0 Å². The second-order valence-corrected chi connectivity index (χ2v) is 18.8. The van der Waals surface area contributed by atoms with Crippen molar-refractivity contribution in [1.82, 2.24) is 4.57 Å². The summed E-state index contributed by atoms with van der Waals surface area (Å²) in [6.07, 6.45) is 0.904. The molecule has 0 fully saturated rings. The Morgan fingerprint density at radius 3 is 1.65 bits per heavy atom. The van der Waals surface area contributed by atoms with Crippen molar-refractivity contribution in [3.63, 3.8) is 0 Å². The average molecular weight is 863 g/mol. The van der Waals surface area contributed by atoms with Crippen LogP contribution >= 0.6 is 0 Å². The highest BCUT2D eigenvalue weighted by Gasteiger charge is 2.50. The van der Waals surface area contributed by atoms with E-state index in [2.05, 4.69) is 252 Å². The molecular weight excluding hydrogens is 821 g/mol. The van der Waals surface area contributed by atoms with E-state index >= 15 is 0 Å². The standard InChI is InChI=1S/C66H42N2/c1-2-21-50(22-3-1)68-60-28-7-6-23-53(60)55-41-47(32-37-62(55)68)43-29-33-51(34-30-43)67(52-35-31-42-13-4-5-14-46(42)40-52)61-38-36-59-65-54(61)24-12-27-58(65)66(59)56-25-10-17-44-15-8-19-48(63(44)56)39-49-20-9-16-45-18-11-26-57(66)64(45)49/h1-38,40-41H,39H2. The summed E-state index contributed by atoms with van der Waals surface area (Å²) in [6, 6.07) is 90.8. The quantitative estimate of drug-likeness (QED) is 0.167. The summed E-state index contributed by atoms with van der Waals surface area (Å²) in [5.74, 6) is 0.